The van der Waals surface area contributed by atoms with E-state index in [1.165, 1.54) is 31.5 Å². The van der Waals surface area contributed by atoms with Crippen LogP contribution in [-0.2, 0) is 24.3 Å². The summed E-state index contributed by atoms with van der Waals surface area (Å²) >= 11 is 0. The summed E-state index contributed by atoms with van der Waals surface area (Å²) in [7, 11) is 0. The highest BCUT2D eigenvalue weighted by Gasteiger charge is 2.12. The first-order valence-corrected chi connectivity index (χ1v) is 9.19. The highest BCUT2D eigenvalue weighted by atomic mass is 16.1. The summed E-state index contributed by atoms with van der Waals surface area (Å²) in [6.07, 6.45) is 3.79. The van der Waals surface area contributed by atoms with Gasteiger partial charge in [-0.25, -0.2) is 0 Å². The Balaban J connectivity index is 1.41. The molecule has 2 N–H and O–H groups in total. The van der Waals surface area contributed by atoms with Crippen LogP contribution in [0.2, 0.25) is 0 Å². The highest BCUT2D eigenvalue weighted by Crippen LogP contribution is 2.13. The summed E-state index contributed by atoms with van der Waals surface area (Å²) in [4.78, 5) is 14.5. The Kier molecular flexibility index (Phi) is 5.87. The minimum absolute atomic E-state index is 0.0706. The van der Waals surface area contributed by atoms with E-state index in [9.17, 15) is 4.79 Å². The number of benzene rings is 1. The smallest absolute Gasteiger partial charge is 0.220 e. The van der Waals surface area contributed by atoms with E-state index in [1.54, 1.807) is 0 Å². The Morgan fingerprint density at radius 1 is 1.16 bits per heavy atom. The molecule has 5 nitrogen and oxygen atoms in total. The molecule has 2 heterocycles. The number of likely N-dealkylation sites (tertiary alicyclic amines) is 1. The number of H-pyrrole nitrogens is 1. The Labute approximate surface area is 149 Å². The van der Waals surface area contributed by atoms with E-state index in [0.717, 1.165) is 29.1 Å². The maximum absolute atomic E-state index is 12.0. The highest BCUT2D eigenvalue weighted by molar-refractivity contribution is 5.76. The predicted molar refractivity (Wildman–Crippen MR) is 99.2 cm³/mol. The van der Waals surface area contributed by atoms with E-state index in [-0.39, 0.29) is 5.91 Å². The molecule has 1 aliphatic heterocycles. The number of nitrogens with one attached hydrogen (secondary N) is 2. The van der Waals surface area contributed by atoms with Crippen LogP contribution in [0.4, 0.5) is 0 Å². The van der Waals surface area contributed by atoms with Crippen LogP contribution in [0.3, 0.4) is 0 Å². The average molecular weight is 340 g/mol. The lowest BCUT2D eigenvalue weighted by atomic mass is 10.1. The van der Waals surface area contributed by atoms with E-state index < -0.39 is 0 Å². The van der Waals surface area contributed by atoms with Crippen LogP contribution in [0.5, 0.6) is 0 Å². The van der Waals surface area contributed by atoms with Gasteiger partial charge in [-0.3, -0.25) is 14.8 Å². The second kappa shape index (κ2) is 8.30. The van der Waals surface area contributed by atoms with Crippen LogP contribution in [0, 0.1) is 13.8 Å². The third-order valence-corrected chi connectivity index (χ3v) is 5.06. The maximum atomic E-state index is 12.0. The zero-order valence-corrected chi connectivity index (χ0v) is 15.3. The van der Waals surface area contributed by atoms with Crippen molar-refractivity contribution >= 4 is 5.91 Å². The largest absolute Gasteiger partial charge is 0.352 e. The number of nitrogens with zero attached hydrogens (tertiary/aromatic N) is 2. The fourth-order valence-electron chi connectivity index (χ4n) is 3.26. The zero-order valence-electron chi connectivity index (χ0n) is 15.3. The Morgan fingerprint density at radius 2 is 1.84 bits per heavy atom. The van der Waals surface area contributed by atoms with Crippen molar-refractivity contribution in [3.63, 3.8) is 0 Å². The number of aryl methyl sites for hydroxylation is 2. The van der Waals surface area contributed by atoms with Gasteiger partial charge in [-0.15, -0.1) is 0 Å². The molecular weight excluding hydrogens is 312 g/mol. The van der Waals surface area contributed by atoms with Crippen LogP contribution in [-0.4, -0.2) is 34.1 Å². The van der Waals surface area contributed by atoms with Crippen molar-refractivity contribution in [2.24, 2.45) is 0 Å². The molecule has 25 heavy (non-hydrogen) atoms. The van der Waals surface area contributed by atoms with Gasteiger partial charge in [0.1, 0.15) is 0 Å². The third-order valence-electron chi connectivity index (χ3n) is 5.06. The van der Waals surface area contributed by atoms with Gasteiger partial charge >= 0.3 is 0 Å². The van der Waals surface area contributed by atoms with Gasteiger partial charge in [0.25, 0.3) is 0 Å². The van der Waals surface area contributed by atoms with Crippen molar-refractivity contribution in [2.45, 2.75) is 52.6 Å². The number of rotatable bonds is 7. The quantitative estimate of drug-likeness (QED) is 0.815. The molecule has 134 valence electrons. The van der Waals surface area contributed by atoms with Crippen LogP contribution < -0.4 is 5.32 Å². The van der Waals surface area contributed by atoms with Gasteiger partial charge in [0.05, 0.1) is 5.69 Å². The normalized spacial score (nSPS) is 14.8. The number of hydrogen-bond donors (Lipinski definition) is 2. The predicted octanol–water partition coefficient (Wildman–Crippen LogP) is 2.87. The summed E-state index contributed by atoms with van der Waals surface area (Å²) in [5.41, 5.74) is 5.71. The molecular formula is C20H28N4O. The summed E-state index contributed by atoms with van der Waals surface area (Å²) in [5.74, 6) is 0.0706. The van der Waals surface area contributed by atoms with Crippen molar-refractivity contribution < 1.29 is 4.79 Å². The van der Waals surface area contributed by atoms with Gasteiger partial charge in [0, 0.05) is 31.6 Å². The zero-order chi connectivity index (χ0) is 17.6. The van der Waals surface area contributed by atoms with Gasteiger partial charge in [0.15, 0.2) is 0 Å². The summed E-state index contributed by atoms with van der Waals surface area (Å²) in [5, 5.41) is 10.2. The lowest BCUT2D eigenvalue weighted by Crippen LogP contribution is -2.23. The molecule has 0 bridgehead atoms. The molecule has 2 aromatic rings. The van der Waals surface area contributed by atoms with Crippen molar-refractivity contribution in [1.82, 2.24) is 20.4 Å². The number of amides is 1. The second-order valence-electron chi connectivity index (χ2n) is 7.00. The summed E-state index contributed by atoms with van der Waals surface area (Å²) in [6, 6.07) is 8.59. The molecule has 0 atom stereocenters. The van der Waals surface area contributed by atoms with Crippen molar-refractivity contribution in [2.75, 3.05) is 13.1 Å². The van der Waals surface area contributed by atoms with Crippen LogP contribution in [0.25, 0.3) is 0 Å². The number of hydrogen-bond acceptors (Lipinski definition) is 3. The lowest BCUT2D eigenvalue weighted by Gasteiger charge is -2.14. The molecule has 1 amide bonds. The molecule has 1 aliphatic rings. The SMILES string of the molecule is Cc1[nH]nc(CCC(=O)NCc2ccc(CN3CCCC3)cc2)c1C. The van der Waals surface area contributed by atoms with E-state index >= 15 is 0 Å². The molecule has 0 aliphatic carbocycles. The van der Waals surface area contributed by atoms with Gasteiger partial charge in [-0.05, 0) is 56.5 Å². The molecule has 0 radical (unpaired) electrons. The summed E-state index contributed by atoms with van der Waals surface area (Å²) < 4.78 is 0. The van der Waals surface area contributed by atoms with E-state index in [4.69, 9.17) is 0 Å². The number of carbonyl (C=O) groups is 1. The van der Waals surface area contributed by atoms with Crippen molar-refractivity contribution in [3.05, 3.63) is 52.3 Å². The Hall–Kier alpha value is -2.14. The number of aromatic amines is 1. The minimum Gasteiger partial charge on any atom is -0.352 e. The molecule has 0 saturated carbocycles. The summed E-state index contributed by atoms with van der Waals surface area (Å²) in [6.45, 7) is 8.09. The molecule has 0 unspecified atom stereocenters. The van der Waals surface area contributed by atoms with Crippen LogP contribution in [0.1, 0.15) is 47.3 Å². The molecule has 1 aromatic carbocycles. The minimum atomic E-state index is 0.0706. The van der Waals surface area contributed by atoms with Crippen LogP contribution in [0.15, 0.2) is 24.3 Å². The standard InChI is InChI=1S/C20H28N4O/c1-15-16(2)22-23-19(15)9-10-20(25)21-13-17-5-7-18(8-6-17)14-24-11-3-4-12-24/h5-8H,3-4,9-14H2,1-2H3,(H,21,25)(H,22,23). The first-order chi connectivity index (χ1) is 12.1. The fraction of sp³-hybridized carbons (Fsp3) is 0.500. The van der Waals surface area contributed by atoms with E-state index in [0.29, 0.717) is 19.4 Å². The molecule has 0 spiro atoms. The Morgan fingerprint density at radius 3 is 2.48 bits per heavy atom. The molecule has 5 heteroatoms. The number of carbonyl (C=O) groups excluding carboxylic acids is 1. The first-order valence-electron chi connectivity index (χ1n) is 9.19. The molecule has 3 rings (SSSR count). The van der Waals surface area contributed by atoms with E-state index in [1.807, 2.05) is 13.8 Å². The number of aromatic nitrogens is 2. The second-order valence-corrected chi connectivity index (χ2v) is 7.00. The third kappa shape index (κ3) is 4.92. The molecule has 1 fully saturated rings. The topological polar surface area (TPSA) is 61.0 Å². The Bertz CT molecular complexity index is 699. The van der Waals surface area contributed by atoms with E-state index in [2.05, 4.69) is 44.7 Å². The first kappa shape index (κ1) is 17.7. The van der Waals surface area contributed by atoms with Gasteiger partial charge < -0.3 is 5.32 Å². The monoisotopic (exact) mass is 340 g/mol. The van der Waals surface area contributed by atoms with Gasteiger partial charge in [-0.1, -0.05) is 24.3 Å². The maximum Gasteiger partial charge on any atom is 0.220 e. The fourth-order valence-corrected chi connectivity index (χ4v) is 3.26. The average Bonchev–Trinajstić information content (AvgIpc) is 3.24. The molecule has 1 saturated heterocycles. The van der Waals surface area contributed by atoms with Gasteiger partial charge in [-0.2, -0.15) is 5.10 Å². The van der Waals surface area contributed by atoms with Crippen molar-refractivity contribution in [3.8, 4) is 0 Å². The van der Waals surface area contributed by atoms with Crippen LogP contribution >= 0.6 is 0 Å². The van der Waals surface area contributed by atoms with Crippen molar-refractivity contribution in [1.29, 1.82) is 0 Å². The van der Waals surface area contributed by atoms with Gasteiger partial charge in [0.2, 0.25) is 5.91 Å². The lowest BCUT2D eigenvalue weighted by molar-refractivity contribution is -0.121. The molecule has 1 aromatic heterocycles.